The van der Waals surface area contributed by atoms with Crippen molar-refractivity contribution in [3.8, 4) is 5.75 Å². The molecule has 1 saturated heterocycles. The van der Waals surface area contributed by atoms with Crippen molar-refractivity contribution in [3.05, 3.63) is 90.0 Å². The van der Waals surface area contributed by atoms with E-state index in [4.69, 9.17) is 17.4 Å². The maximum absolute atomic E-state index is 13.1. The van der Waals surface area contributed by atoms with Crippen LogP contribution in [0, 0.1) is 0 Å². The summed E-state index contributed by atoms with van der Waals surface area (Å²) in [5.41, 5.74) is 2.37. The van der Waals surface area contributed by atoms with Gasteiger partial charge in [0.2, 0.25) is 0 Å². The maximum atomic E-state index is 13.1. The van der Waals surface area contributed by atoms with Crippen LogP contribution in [0.25, 0.3) is 10.8 Å². The summed E-state index contributed by atoms with van der Waals surface area (Å²) in [5.74, 6) is 0.507. The normalized spacial score (nSPS) is 16.4. The number of para-hydroxylation sites is 1. The number of carbonyl (C=O) groups is 2. The Morgan fingerprint density at radius 2 is 1.46 bits per heavy atom. The Hall–Kier alpha value is -2.55. The van der Waals surface area contributed by atoms with Crippen LogP contribution in [0.1, 0.15) is 26.3 Å². The van der Waals surface area contributed by atoms with Gasteiger partial charge in [-0.2, -0.15) is 12.6 Å². The van der Waals surface area contributed by atoms with E-state index in [1.54, 1.807) is 0 Å². The molecule has 0 aliphatic carbocycles. The number of hydrogen-bond acceptors (Lipinski definition) is 6. The van der Waals surface area contributed by atoms with E-state index in [0.29, 0.717) is 30.8 Å². The molecule has 1 unspecified atom stereocenters. The average molecular weight is 589 g/mol. The largest absolute Gasteiger partial charge is 0.492 e. The molecule has 0 bridgehead atoms. The Morgan fingerprint density at radius 1 is 0.846 bits per heavy atom. The lowest BCUT2D eigenvalue weighted by Gasteiger charge is -2.37. The molecular formula is C30H35Cl2N3O3S. The van der Waals surface area contributed by atoms with Crippen molar-refractivity contribution in [1.82, 2.24) is 14.7 Å². The number of piperazine rings is 1. The Labute approximate surface area is 248 Å². The highest BCUT2D eigenvalue weighted by Gasteiger charge is 2.33. The first kappa shape index (κ1) is 31.0. The summed E-state index contributed by atoms with van der Waals surface area (Å²) in [7, 11) is 0. The van der Waals surface area contributed by atoms with Crippen LogP contribution >= 0.6 is 37.4 Å². The van der Waals surface area contributed by atoms with Gasteiger partial charge in [0.1, 0.15) is 12.4 Å². The van der Waals surface area contributed by atoms with E-state index in [1.165, 1.54) is 4.90 Å². The summed E-state index contributed by atoms with van der Waals surface area (Å²) >= 11 is 4.77. The third kappa shape index (κ3) is 6.97. The van der Waals surface area contributed by atoms with Crippen molar-refractivity contribution in [3.63, 3.8) is 0 Å². The number of allylic oxidation sites excluding steroid dienone is 1. The highest BCUT2D eigenvalue weighted by molar-refractivity contribution is 7.81. The molecule has 0 aromatic heterocycles. The summed E-state index contributed by atoms with van der Waals surface area (Å²) in [6.07, 6.45) is 2.67. The van der Waals surface area contributed by atoms with Crippen LogP contribution in [-0.4, -0.2) is 84.2 Å². The molecule has 2 aliphatic heterocycles. The van der Waals surface area contributed by atoms with E-state index in [9.17, 15) is 9.59 Å². The molecule has 2 amide bonds. The van der Waals surface area contributed by atoms with Crippen LogP contribution in [0.3, 0.4) is 0 Å². The molecule has 0 N–H and O–H groups in total. The van der Waals surface area contributed by atoms with E-state index in [2.05, 4.69) is 22.4 Å². The first-order chi connectivity index (χ1) is 18.0. The number of rotatable bonds is 10. The summed E-state index contributed by atoms with van der Waals surface area (Å²) < 4.78 is 6.06. The maximum Gasteiger partial charge on any atom is 0.261 e. The van der Waals surface area contributed by atoms with Gasteiger partial charge in [0.15, 0.2) is 0 Å². The van der Waals surface area contributed by atoms with Crippen molar-refractivity contribution >= 4 is 60.0 Å². The summed E-state index contributed by atoms with van der Waals surface area (Å²) in [5, 5.41) is 1.82. The topological polar surface area (TPSA) is 53.1 Å². The SMILES string of the molecule is C=CCc1ccccc1OCC(S)CN1CCN(CCN2C(=O)c3cccc4cccc(c34)C2=O)CC1.Cl.Cl. The molecule has 39 heavy (non-hydrogen) atoms. The first-order valence-electron chi connectivity index (χ1n) is 12.9. The Bertz CT molecular complexity index is 1260. The predicted molar refractivity (Wildman–Crippen MR) is 165 cm³/mol. The third-order valence-corrected chi connectivity index (χ3v) is 7.51. The van der Waals surface area contributed by atoms with Crippen LogP contribution in [0.2, 0.25) is 0 Å². The Kier molecular flexibility index (Phi) is 11.3. The molecule has 3 aromatic rings. The monoisotopic (exact) mass is 587 g/mol. The summed E-state index contributed by atoms with van der Waals surface area (Å²) in [4.78, 5) is 32.4. The second-order valence-electron chi connectivity index (χ2n) is 9.68. The van der Waals surface area contributed by atoms with E-state index in [1.807, 2.05) is 60.7 Å². The molecule has 5 rings (SSSR count). The Balaban J connectivity index is 0.00000210. The van der Waals surface area contributed by atoms with E-state index < -0.39 is 0 Å². The van der Waals surface area contributed by atoms with Crippen molar-refractivity contribution in [2.45, 2.75) is 11.7 Å². The van der Waals surface area contributed by atoms with Gasteiger partial charge in [-0.05, 0) is 35.6 Å². The molecule has 1 atom stereocenters. The van der Waals surface area contributed by atoms with Crippen LogP contribution in [0.15, 0.2) is 73.3 Å². The van der Waals surface area contributed by atoms with Crippen LogP contribution in [0.5, 0.6) is 5.75 Å². The second kappa shape index (κ2) is 14.2. The minimum absolute atomic E-state index is 0. The fraction of sp³-hybridized carbons (Fsp3) is 0.333. The third-order valence-electron chi connectivity index (χ3n) is 7.20. The number of carbonyl (C=O) groups excluding carboxylic acids is 2. The van der Waals surface area contributed by atoms with Gasteiger partial charge >= 0.3 is 0 Å². The number of amides is 2. The fourth-order valence-corrected chi connectivity index (χ4v) is 5.53. The number of nitrogens with zero attached hydrogens (tertiary/aromatic N) is 3. The zero-order valence-electron chi connectivity index (χ0n) is 21.8. The molecule has 3 aromatic carbocycles. The molecular weight excluding hydrogens is 553 g/mol. The van der Waals surface area contributed by atoms with Crippen molar-refractivity contribution in [2.24, 2.45) is 0 Å². The standard InChI is InChI=1S/C30H33N3O3S.2ClH/c1-2-7-22-8-3-4-13-27(22)36-21-24(37)20-32-16-14-31(15-17-32)18-19-33-29(34)25-11-5-9-23-10-6-12-26(28(23)25)30(33)35;;/h2-6,8-13,24,37H,1,7,14-21H2;2*1H. The molecule has 6 nitrogen and oxygen atoms in total. The molecule has 0 saturated carbocycles. The van der Waals surface area contributed by atoms with Crippen molar-refractivity contribution in [2.75, 3.05) is 52.4 Å². The average Bonchev–Trinajstić information content (AvgIpc) is 2.92. The van der Waals surface area contributed by atoms with Gasteiger partial charge in [-0.25, -0.2) is 0 Å². The van der Waals surface area contributed by atoms with Gasteiger partial charge in [0.25, 0.3) is 11.8 Å². The van der Waals surface area contributed by atoms with Gasteiger partial charge in [0.05, 0.1) is 0 Å². The van der Waals surface area contributed by atoms with Gasteiger partial charge in [-0.3, -0.25) is 24.3 Å². The summed E-state index contributed by atoms with van der Waals surface area (Å²) in [6.45, 7) is 9.94. The molecule has 9 heteroatoms. The van der Waals surface area contributed by atoms with Gasteiger partial charge in [0, 0.05) is 67.6 Å². The molecule has 0 radical (unpaired) electrons. The van der Waals surface area contributed by atoms with E-state index in [0.717, 1.165) is 61.2 Å². The second-order valence-corrected chi connectivity index (χ2v) is 10.4. The number of imide groups is 1. The molecule has 2 aliphatic rings. The highest BCUT2D eigenvalue weighted by Crippen LogP contribution is 2.30. The minimum Gasteiger partial charge on any atom is -0.492 e. The predicted octanol–water partition coefficient (Wildman–Crippen LogP) is 5.00. The highest BCUT2D eigenvalue weighted by atomic mass is 35.5. The minimum atomic E-state index is -0.194. The zero-order chi connectivity index (χ0) is 25.8. The summed E-state index contributed by atoms with van der Waals surface area (Å²) in [6, 6.07) is 19.4. The van der Waals surface area contributed by atoms with Gasteiger partial charge in [-0.1, -0.05) is 48.5 Å². The van der Waals surface area contributed by atoms with Gasteiger partial charge in [-0.15, -0.1) is 31.4 Å². The quantitative estimate of drug-likeness (QED) is 0.205. The van der Waals surface area contributed by atoms with Crippen LogP contribution < -0.4 is 4.74 Å². The van der Waals surface area contributed by atoms with E-state index in [-0.39, 0.29) is 41.9 Å². The smallest absolute Gasteiger partial charge is 0.261 e. The fourth-order valence-electron chi connectivity index (χ4n) is 5.23. The number of halogens is 2. The molecule has 208 valence electrons. The number of ether oxygens (including phenoxy) is 1. The van der Waals surface area contributed by atoms with Gasteiger partial charge < -0.3 is 4.74 Å². The number of hydrogen-bond donors (Lipinski definition) is 1. The van der Waals surface area contributed by atoms with E-state index >= 15 is 0 Å². The lowest BCUT2D eigenvalue weighted by atomic mass is 9.94. The van der Waals surface area contributed by atoms with Crippen LogP contribution in [0.4, 0.5) is 0 Å². The zero-order valence-corrected chi connectivity index (χ0v) is 24.4. The first-order valence-corrected chi connectivity index (χ1v) is 13.4. The Morgan fingerprint density at radius 3 is 2.10 bits per heavy atom. The van der Waals surface area contributed by atoms with Crippen LogP contribution in [-0.2, 0) is 6.42 Å². The van der Waals surface area contributed by atoms with Crippen molar-refractivity contribution in [1.29, 1.82) is 0 Å². The molecule has 1 fully saturated rings. The van der Waals surface area contributed by atoms with Crippen molar-refractivity contribution < 1.29 is 14.3 Å². The molecule has 2 heterocycles. The number of thiol groups is 1. The lowest BCUT2D eigenvalue weighted by molar-refractivity contribution is 0.0572. The lowest BCUT2D eigenvalue weighted by Crippen LogP contribution is -2.51. The molecule has 0 spiro atoms. The number of benzene rings is 3.